The Kier molecular flexibility index (Phi) is 4.58. The van der Waals surface area contributed by atoms with Crippen LogP contribution in [0.3, 0.4) is 0 Å². The molecule has 2 N–H and O–H groups in total. The highest BCUT2D eigenvalue weighted by Crippen LogP contribution is 2.24. The fourth-order valence-corrected chi connectivity index (χ4v) is 2.14. The molecule has 3 nitrogen and oxygen atoms in total. The van der Waals surface area contributed by atoms with E-state index in [2.05, 4.69) is 10.6 Å². The summed E-state index contributed by atoms with van der Waals surface area (Å²) in [6.07, 6.45) is 0. The van der Waals surface area contributed by atoms with Gasteiger partial charge in [0, 0.05) is 18.7 Å². The Morgan fingerprint density at radius 3 is 2.62 bits per heavy atom. The Labute approximate surface area is 124 Å². The highest BCUT2D eigenvalue weighted by Gasteiger charge is 2.09. The molecule has 0 aliphatic heterocycles. The van der Waals surface area contributed by atoms with Gasteiger partial charge in [0.25, 0.3) is 0 Å². The molecule has 0 radical (unpaired) electrons. The smallest absolute Gasteiger partial charge is 0.221 e. The number of hydrogen-bond acceptors (Lipinski definition) is 2. The monoisotopic (exact) mass is 286 g/mol. The van der Waals surface area contributed by atoms with E-state index in [1.54, 1.807) is 6.07 Å². The van der Waals surface area contributed by atoms with Gasteiger partial charge in [-0.25, -0.2) is 4.39 Å². The predicted molar refractivity (Wildman–Crippen MR) is 83.9 cm³/mol. The minimum Gasteiger partial charge on any atom is -0.376 e. The molecule has 0 aliphatic carbocycles. The van der Waals surface area contributed by atoms with Crippen LogP contribution in [0, 0.1) is 12.7 Å². The van der Waals surface area contributed by atoms with Gasteiger partial charge in [-0.3, -0.25) is 4.79 Å². The van der Waals surface area contributed by atoms with Crippen LogP contribution in [0.5, 0.6) is 0 Å². The van der Waals surface area contributed by atoms with Crippen LogP contribution in [0.2, 0.25) is 0 Å². The second-order valence-corrected chi connectivity index (χ2v) is 5.16. The maximum Gasteiger partial charge on any atom is 0.221 e. The van der Waals surface area contributed by atoms with Crippen LogP contribution >= 0.6 is 0 Å². The van der Waals surface area contributed by atoms with Crippen molar-refractivity contribution in [2.45, 2.75) is 26.8 Å². The average Bonchev–Trinajstić information content (AvgIpc) is 2.41. The fourth-order valence-electron chi connectivity index (χ4n) is 2.14. The Hall–Kier alpha value is -2.36. The first kappa shape index (κ1) is 15.0. The van der Waals surface area contributed by atoms with Gasteiger partial charge in [0.05, 0.1) is 5.69 Å². The molecule has 0 spiro atoms. The summed E-state index contributed by atoms with van der Waals surface area (Å²) in [6.45, 7) is 5.27. The van der Waals surface area contributed by atoms with Crippen LogP contribution in [0.25, 0.3) is 0 Å². The highest BCUT2D eigenvalue weighted by molar-refractivity contribution is 5.88. The van der Waals surface area contributed by atoms with Crippen molar-refractivity contribution in [2.24, 2.45) is 0 Å². The fraction of sp³-hybridized carbons (Fsp3) is 0.235. The van der Waals surface area contributed by atoms with Gasteiger partial charge in [-0.1, -0.05) is 18.2 Å². The quantitative estimate of drug-likeness (QED) is 0.881. The summed E-state index contributed by atoms with van der Waals surface area (Å²) in [6, 6.07) is 12.5. The summed E-state index contributed by atoms with van der Waals surface area (Å²) < 4.78 is 13.9. The standard InChI is InChI=1S/C17H19FN2O/c1-11-7-8-17(16(18)9-11)19-12(2)14-5-4-6-15(10-14)20-13(3)21/h4-10,12,19H,1-3H3,(H,20,21). The molecule has 0 saturated carbocycles. The largest absolute Gasteiger partial charge is 0.376 e. The number of rotatable bonds is 4. The number of carbonyl (C=O) groups excluding carboxylic acids is 1. The van der Waals surface area contributed by atoms with Crippen molar-refractivity contribution >= 4 is 17.3 Å². The summed E-state index contributed by atoms with van der Waals surface area (Å²) in [5, 5.41) is 5.89. The molecule has 0 heterocycles. The Morgan fingerprint density at radius 2 is 1.95 bits per heavy atom. The molecule has 0 fully saturated rings. The third-order valence-corrected chi connectivity index (χ3v) is 3.20. The summed E-state index contributed by atoms with van der Waals surface area (Å²) in [5.41, 5.74) is 3.07. The lowest BCUT2D eigenvalue weighted by Gasteiger charge is -2.17. The first-order valence-corrected chi connectivity index (χ1v) is 6.86. The van der Waals surface area contributed by atoms with Crippen molar-refractivity contribution in [3.8, 4) is 0 Å². The molecule has 2 rings (SSSR count). The number of hydrogen-bond donors (Lipinski definition) is 2. The van der Waals surface area contributed by atoms with Gasteiger partial charge >= 0.3 is 0 Å². The van der Waals surface area contributed by atoms with E-state index in [1.807, 2.05) is 44.2 Å². The summed E-state index contributed by atoms with van der Waals surface area (Å²) in [7, 11) is 0. The zero-order valence-corrected chi connectivity index (χ0v) is 12.4. The van der Waals surface area contributed by atoms with Gasteiger partial charge in [0.15, 0.2) is 0 Å². The van der Waals surface area contributed by atoms with Crippen molar-refractivity contribution in [2.75, 3.05) is 10.6 Å². The minimum absolute atomic E-state index is 0.0732. The lowest BCUT2D eigenvalue weighted by atomic mass is 10.1. The van der Waals surface area contributed by atoms with Gasteiger partial charge in [-0.05, 0) is 49.2 Å². The molecule has 1 atom stereocenters. The van der Waals surface area contributed by atoms with Crippen LogP contribution < -0.4 is 10.6 Å². The van der Waals surface area contributed by atoms with E-state index in [1.165, 1.54) is 13.0 Å². The molecule has 1 amide bonds. The summed E-state index contributed by atoms with van der Waals surface area (Å²) in [4.78, 5) is 11.1. The maximum absolute atomic E-state index is 13.9. The third kappa shape index (κ3) is 4.05. The van der Waals surface area contributed by atoms with E-state index in [9.17, 15) is 9.18 Å². The van der Waals surface area contributed by atoms with Crippen molar-refractivity contribution in [1.82, 2.24) is 0 Å². The number of halogens is 1. The average molecular weight is 286 g/mol. The third-order valence-electron chi connectivity index (χ3n) is 3.20. The van der Waals surface area contributed by atoms with Crippen LogP contribution in [0.15, 0.2) is 42.5 Å². The Balaban J connectivity index is 2.16. The minimum atomic E-state index is -0.264. The van der Waals surface area contributed by atoms with Crippen molar-refractivity contribution in [3.05, 3.63) is 59.4 Å². The first-order valence-electron chi connectivity index (χ1n) is 6.86. The van der Waals surface area contributed by atoms with Crippen LogP contribution in [0.1, 0.15) is 31.0 Å². The molecular formula is C17H19FN2O. The van der Waals surface area contributed by atoms with Crippen LogP contribution in [-0.2, 0) is 4.79 Å². The van der Waals surface area contributed by atoms with E-state index in [0.29, 0.717) is 5.69 Å². The molecule has 0 aliphatic rings. The lowest BCUT2D eigenvalue weighted by molar-refractivity contribution is -0.114. The molecule has 110 valence electrons. The molecular weight excluding hydrogens is 267 g/mol. The molecule has 4 heteroatoms. The Bertz CT molecular complexity index is 655. The topological polar surface area (TPSA) is 41.1 Å². The number of nitrogens with one attached hydrogen (secondary N) is 2. The summed E-state index contributed by atoms with van der Waals surface area (Å²) in [5.74, 6) is -0.378. The van der Waals surface area contributed by atoms with E-state index in [-0.39, 0.29) is 17.8 Å². The lowest BCUT2D eigenvalue weighted by Crippen LogP contribution is -2.10. The van der Waals surface area contributed by atoms with Gasteiger partial charge in [-0.2, -0.15) is 0 Å². The van der Waals surface area contributed by atoms with Crippen molar-refractivity contribution < 1.29 is 9.18 Å². The number of aryl methyl sites for hydroxylation is 1. The first-order chi connectivity index (χ1) is 9.95. The molecule has 0 aromatic heterocycles. The van der Waals surface area contributed by atoms with Crippen molar-refractivity contribution in [3.63, 3.8) is 0 Å². The molecule has 21 heavy (non-hydrogen) atoms. The second kappa shape index (κ2) is 6.39. The van der Waals surface area contributed by atoms with E-state index in [0.717, 1.165) is 16.8 Å². The molecule has 2 aromatic carbocycles. The zero-order chi connectivity index (χ0) is 15.4. The van der Waals surface area contributed by atoms with E-state index >= 15 is 0 Å². The second-order valence-electron chi connectivity index (χ2n) is 5.16. The molecule has 0 saturated heterocycles. The molecule has 2 aromatic rings. The molecule has 0 bridgehead atoms. The van der Waals surface area contributed by atoms with Gasteiger partial charge in [0.2, 0.25) is 5.91 Å². The summed E-state index contributed by atoms with van der Waals surface area (Å²) >= 11 is 0. The maximum atomic E-state index is 13.9. The van der Waals surface area contributed by atoms with Crippen LogP contribution in [-0.4, -0.2) is 5.91 Å². The van der Waals surface area contributed by atoms with Gasteiger partial charge < -0.3 is 10.6 Å². The van der Waals surface area contributed by atoms with Crippen LogP contribution in [0.4, 0.5) is 15.8 Å². The highest BCUT2D eigenvalue weighted by atomic mass is 19.1. The van der Waals surface area contributed by atoms with Gasteiger partial charge in [0.1, 0.15) is 5.82 Å². The zero-order valence-electron chi connectivity index (χ0n) is 12.4. The number of amides is 1. The van der Waals surface area contributed by atoms with E-state index in [4.69, 9.17) is 0 Å². The number of benzene rings is 2. The SMILES string of the molecule is CC(=O)Nc1cccc(C(C)Nc2ccc(C)cc2F)c1. The van der Waals surface area contributed by atoms with E-state index < -0.39 is 0 Å². The normalized spacial score (nSPS) is 11.8. The van der Waals surface area contributed by atoms with Gasteiger partial charge in [-0.15, -0.1) is 0 Å². The number of carbonyl (C=O) groups is 1. The Morgan fingerprint density at radius 1 is 1.19 bits per heavy atom. The molecule has 1 unspecified atom stereocenters. The predicted octanol–water partition coefficient (Wildman–Crippen LogP) is 4.27. The van der Waals surface area contributed by atoms with Crippen molar-refractivity contribution in [1.29, 1.82) is 0 Å². The number of anilines is 2.